The Morgan fingerprint density at radius 2 is 0.931 bits per heavy atom. The molecule has 6 bridgehead atoms. The summed E-state index contributed by atoms with van der Waals surface area (Å²) in [5.74, 6) is -2.95. The van der Waals surface area contributed by atoms with E-state index in [2.05, 4.69) is 102 Å². The first-order chi connectivity index (χ1) is 26.5. The molecular formula is C49H71CoN2O6-. The van der Waals surface area contributed by atoms with Gasteiger partial charge in [0, 0.05) is 40.3 Å². The number of nitrogens with zero attached hydrogens (tertiary/aromatic N) is 2. The standard InChI is InChI=1S/C46H66N2O2.C2H2O4.CH3.Co/c1-9-11-13-21-41-33-17-15-19-35-27-39(45(3,4)5)29-37(43(35)49)31-47-25-26-48-32-38-30-40(46(6,7)8)28-36(44(38)50)20-16-18-34(24-23-33)42(41)22-14-12-10-2;3-1(4)2(5)6;;/h23-24,27-32,49-50H,9-22,25-26H2,1-8H3;(H,3,4)(H,5,6);1H3;/q;;-1;. The monoisotopic (exact) mass is 842 g/mol. The van der Waals surface area contributed by atoms with Crippen LogP contribution in [0.2, 0.25) is 0 Å². The summed E-state index contributed by atoms with van der Waals surface area (Å²) in [6.45, 7) is 19.0. The van der Waals surface area contributed by atoms with Gasteiger partial charge in [0.2, 0.25) is 0 Å². The summed E-state index contributed by atoms with van der Waals surface area (Å²) in [6, 6.07) is 13.4. The van der Waals surface area contributed by atoms with E-state index in [1.54, 1.807) is 11.1 Å². The van der Waals surface area contributed by atoms with E-state index in [4.69, 9.17) is 19.8 Å². The molecule has 0 atom stereocenters. The van der Waals surface area contributed by atoms with Crippen molar-refractivity contribution in [3.8, 4) is 11.5 Å². The van der Waals surface area contributed by atoms with Gasteiger partial charge in [-0.05, 0) is 132 Å². The number of benzene rings is 3. The molecule has 323 valence electrons. The van der Waals surface area contributed by atoms with Crippen molar-refractivity contribution in [3.63, 3.8) is 0 Å². The van der Waals surface area contributed by atoms with Gasteiger partial charge < -0.3 is 27.9 Å². The van der Waals surface area contributed by atoms with Crippen molar-refractivity contribution in [1.29, 1.82) is 0 Å². The van der Waals surface area contributed by atoms with Crippen molar-refractivity contribution in [1.82, 2.24) is 0 Å². The fraction of sp³-hybridized carbons (Fsp3) is 0.531. The quantitative estimate of drug-likeness (QED) is 0.101. The fourth-order valence-electron chi connectivity index (χ4n) is 7.25. The molecule has 4 N–H and O–H groups in total. The average Bonchev–Trinajstić information content (AvgIpc) is 3.12. The van der Waals surface area contributed by atoms with Crippen molar-refractivity contribution in [2.45, 2.75) is 156 Å². The zero-order valence-electron chi connectivity index (χ0n) is 36.8. The van der Waals surface area contributed by atoms with E-state index < -0.39 is 11.9 Å². The second-order valence-electron chi connectivity index (χ2n) is 17.3. The van der Waals surface area contributed by atoms with Crippen LogP contribution in [0, 0.1) is 7.43 Å². The van der Waals surface area contributed by atoms with E-state index >= 15 is 0 Å². The number of hydrogen-bond acceptors (Lipinski definition) is 6. The van der Waals surface area contributed by atoms with Crippen molar-refractivity contribution in [2.75, 3.05) is 13.1 Å². The van der Waals surface area contributed by atoms with E-state index in [9.17, 15) is 10.2 Å². The minimum atomic E-state index is -1.82. The van der Waals surface area contributed by atoms with Gasteiger partial charge in [-0.15, -0.1) is 0 Å². The number of rotatable bonds is 8. The summed E-state index contributed by atoms with van der Waals surface area (Å²) < 4.78 is 0. The zero-order chi connectivity index (χ0) is 41.5. The molecule has 0 saturated heterocycles. The Balaban J connectivity index is 0.00000195. The maximum absolute atomic E-state index is 11.5. The number of carbonyl (C=O) groups is 2. The largest absolute Gasteiger partial charge is 0.507 e. The van der Waals surface area contributed by atoms with Gasteiger partial charge >= 0.3 is 11.9 Å². The van der Waals surface area contributed by atoms with E-state index in [0.29, 0.717) is 24.6 Å². The number of phenolic OH excluding ortho intramolecular Hbond substituents is 2. The van der Waals surface area contributed by atoms with Crippen LogP contribution in [0.3, 0.4) is 0 Å². The van der Waals surface area contributed by atoms with Gasteiger partial charge in [0.05, 0.1) is 13.1 Å². The Morgan fingerprint density at radius 1 is 0.586 bits per heavy atom. The van der Waals surface area contributed by atoms with Crippen LogP contribution in [-0.2, 0) is 75.7 Å². The molecular weight excluding hydrogens is 771 g/mol. The predicted octanol–water partition coefficient (Wildman–Crippen LogP) is 11.0. The third-order valence-electron chi connectivity index (χ3n) is 10.6. The molecule has 0 unspecified atom stereocenters. The van der Waals surface area contributed by atoms with Crippen molar-refractivity contribution in [2.24, 2.45) is 9.98 Å². The van der Waals surface area contributed by atoms with Gasteiger partial charge in [0.15, 0.2) is 0 Å². The molecule has 58 heavy (non-hydrogen) atoms. The number of aromatic hydroxyl groups is 2. The number of aliphatic carboxylic acids is 2. The minimum absolute atomic E-state index is 0. The smallest absolute Gasteiger partial charge is 0.414 e. The van der Waals surface area contributed by atoms with Crippen LogP contribution in [-0.4, -0.2) is 57.9 Å². The van der Waals surface area contributed by atoms with Crippen molar-refractivity contribution >= 4 is 24.4 Å². The van der Waals surface area contributed by atoms with Crippen LogP contribution in [0.5, 0.6) is 11.5 Å². The molecule has 0 saturated carbocycles. The molecule has 2 aliphatic rings. The summed E-state index contributed by atoms with van der Waals surface area (Å²) in [4.78, 5) is 27.6. The predicted molar refractivity (Wildman–Crippen MR) is 237 cm³/mol. The second kappa shape index (κ2) is 24.8. The molecule has 9 heteroatoms. The van der Waals surface area contributed by atoms with E-state index in [0.717, 1.165) is 73.6 Å². The molecule has 3 aromatic carbocycles. The molecule has 0 fully saturated rings. The van der Waals surface area contributed by atoms with Crippen LogP contribution in [0.15, 0.2) is 46.4 Å². The third kappa shape index (κ3) is 16.0. The maximum atomic E-state index is 11.5. The van der Waals surface area contributed by atoms with Gasteiger partial charge in [-0.1, -0.05) is 105 Å². The minimum Gasteiger partial charge on any atom is -0.507 e. The summed E-state index contributed by atoms with van der Waals surface area (Å²) >= 11 is 0. The van der Waals surface area contributed by atoms with Gasteiger partial charge in [0.1, 0.15) is 11.5 Å². The SMILES string of the molecule is CCCCCc1c2ccc(c1CCCCC)CCCc1cc(C(C)(C)C)cc(c1O)C=NCCN=Cc1cc(C(C)(C)C)cc(c1O)CCC2.O=C(O)C(=O)O.[CH3-].[Co]. The summed E-state index contributed by atoms with van der Waals surface area (Å²) in [7, 11) is 0. The van der Waals surface area contributed by atoms with Crippen LogP contribution in [0.4, 0.5) is 0 Å². The Morgan fingerprint density at radius 3 is 1.24 bits per heavy atom. The number of phenols is 2. The topological polar surface area (TPSA) is 140 Å². The van der Waals surface area contributed by atoms with E-state index in [1.807, 2.05) is 12.4 Å². The molecule has 1 radical (unpaired) electrons. The molecule has 0 aromatic heterocycles. The number of aliphatic imine (C=N–C) groups is 2. The zero-order valence-corrected chi connectivity index (χ0v) is 37.8. The number of carboxylic acids is 2. The number of hydrogen-bond donors (Lipinski definition) is 4. The molecule has 5 rings (SSSR count). The molecule has 0 amide bonds. The second-order valence-corrected chi connectivity index (χ2v) is 17.3. The van der Waals surface area contributed by atoms with Gasteiger partial charge in [-0.25, -0.2) is 9.59 Å². The number of aryl methyl sites for hydroxylation is 4. The molecule has 3 aromatic rings. The fourth-order valence-corrected chi connectivity index (χ4v) is 7.25. The molecule has 0 aliphatic carbocycles. The van der Waals surface area contributed by atoms with Gasteiger partial charge in [0.25, 0.3) is 0 Å². The van der Waals surface area contributed by atoms with Gasteiger partial charge in [-0.2, -0.15) is 0 Å². The van der Waals surface area contributed by atoms with E-state index in [-0.39, 0.29) is 35.0 Å². The molecule has 0 spiro atoms. The van der Waals surface area contributed by atoms with Crippen LogP contribution in [0.25, 0.3) is 0 Å². The Hall–Kier alpha value is -3.95. The van der Waals surface area contributed by atoms with Gasteiger partial charge in [-0.3, -0.25) is 9.98 Å². The summed E-state index contributed by atoms with van der Waals surface area (Å²) in [6.07, 6.45) is 19.0. The molecule has 2 aliphatic heterocycles. The summed E-state index contributed by atoms with van der Waals surface area (Å²) in [5, 5.41) is 37.7. The number of fused-ring (bicyclic) bond motifs is 9. The van der Waals surface area contributed by atoms with Crippen LogP contribution >= 0.6 is 0 Å². The first kappa shape index (κ1) is 52.1. The Kier molecular flexibility index (Phi) is 22.3. The molecule has 2 heterocycles. The third-order valence-corrected chi connectivity index (χ3v) is 10.6. The number of carboxylic acid groups (broad SMARTS) is 2. The van der Waals surface area contributed by atoms with Crippen molar-refractivity contribution in [3.05, 3.63) is 99.5 Å². The molecule has 8 nitrogen and oxygen atoms in total. The van der Waals surface area contributed by atoms with Crippen LogP contribution in [0.1, 0.15) is 162 Å². The number of unbranched alkanes of at least 4 members (excludes halogenated alkanes) is 4. The first-order valence-electron chi connectivity index (χ1n) is 20.8. The van der Waals surface area contributed by atoms with Crippen molar-refractivity contribution < 1.29 is 46.8 Å². The Labute approximate surface area is 359 Å². The average molecular weight is 843 g/mol. The summed E-state index contributed by atoms with van der Waals surface area (Å²) in [5.41, 5.74) is 12.1. The first-order valence-corrected chi connectivity index (χ1v) is 20.8. The van der Waals surface area contributed by atoms with E-state index in [1.165, 1.54) is 60.8 Å². The Bertz CT molecular complexity index is 1700. The normalized spacial score (nSPS) is 13.5. The van der Waals surface area contributed by atoms with Crippen LogP contribution < -0.4 is 0 Å². The maximum Gasteiger partial charge on any atom is 0.414 e.